The van der Waals surface area contributed by atoms with E-state index in [-0.39, 0.29) is 18.9 Å². The third kappa shape index (κ3) is 4.61. The van der Waals surface area contributed by atoms with Crippen LogP contribution in [-0.2, 0) is 14.3 Å². The second kappa shape index (κ2) is 7.09. The Morgan fingerprint density at radius 3 is 2.54 bits per heavy atom. The number of carbonyl (C=O) groups is 3. The van der Waals surface area contributed by atoms with Gasteiger partial charge in [0.25, 0.3) is 0 Å². The van der Waals surface area contributed by atoms with Crippen LogP contribution < -0.4 is 15.8 Å². The van der Waals surface area contributed by atoms with Gasteiger partial charge in [-0.25, -0.2) is 10.2 Å². The van der Waals surface area contributed by atoms with Crippen LogP contribution in [0.25, 0.3) is 0 Å². The van der Waals surface area contributed by atoms with Crippen molar-refractivity contribution in [3.63, 3.8) is 0 Å². The van der Waals surface area contributed by atoms with E-state index in [1.54, 1.807) is 45.0 Å². The molecule has 1 saturated heterocycles. The van der Waals surface area contributed by atoms with E-state index in [0.29, 0.717) is 10.7 Å². The number of benzene rings is 1. The molecule has 2 rings (SSSR count). The molecular formula is C16H20ClN3O4. The molecule has 1 fully saturated rings. The van der Waals surface area contributed by atoms with E-state index in [9.17, 15) is 14.4 Å². The largest absolute Gasteiger partial charge is 0.443 e. The smallest absolute Gasteiger partial charge is 0.426 e. The number of ether oxygens (including phenoxy) is 1. The Morgan fingerprint density at radius 2 is 1.92 bits per heavy atom. The van der Waals surface area contributed by atoms with Gasteiger partial charge >= 0.3 is 6.09 Å². The van der Waals surface area contributed by atoms with Gasteiger partial charge in [-0.3, -0.25) is 15.0 Å². The van der Waals surface area contributed by atoms with Crippen LogP contribution in [0.4, 0.5) is 10.5 Å². The molecule has 0 spiro atoms. The average Bonchev–Trinajstić information content (AvgIpc) is 2.85. The van der Waals surface area contributed by atoms with E-state index in [1.165, 1.54) is 4.90 Å². The maximum atomic E-state index is 12.1. The summed E-state index contributed by atoms with van der Waals surface area (Å²) in [5.41, 5.74) is 4.36. The predicted octanol–water partition coefficient (Wildman–Crippen LogP) is 2.25. The first-order valence-electron chi connectivity index (χ1n) is 7.51. The summed E-state index contributed by atoms with van der Waals surface area (Å²) in [6.45, 7) is 5.34. The van der Waals surface area contributed by atoms with Crippen molar-refractivity contribution < 1.29 is 19.1 Å². The molecule has 130 valence electrons. The van der Waals surface area contributed by atoms with Gasteiger partial charge in [0.05, 0.1) is 16.6 Å². The van der Waals surface area contributed by atoms with Gasteiger partial charge in [0.2, 0.25) is 11.8 Å². The molecule has 0 aliphatic carbocycles. The second-order valence-electron chi connectivity index (χ2n) is 6.47. The Bertz CT molecular complexity index is 657. The van der Waals surface area contributed by atoms with Crippen LogP contribution in [0.1, 0.15) is 27.2 Å². The maximum absolute atomic E-state index is 12.1. The van der Waals surface area contributed by atoms with E-state index >= 15 is 0 Å². The van der Waals surface area contributed by atoms with E-state index in [2.05, 4.69) is 10.9 Å². The van der Waals surface area contributed by atoms with Crippen molar-refractivity contribution in [2.45, 2.75) is 32.8 Å². The van der Waals surface area contributed by atoms with E-state index in [0.717, 1.165) is 0 Å². The number of hydrogen-bond donors (Lipinski definition) is 2. The normalized spacial score (nSPS) is 17.6. The number of para-hydroxylation sites is 1. The van der Waals surface area contributed by atoms with Crippen molar-refractivity contribution in [3.05, 3.63) is 29.3 Å². The highest BCUT2D eigenvalue weighted by Gasteiger charge is 2.36. The highest BCUT2D eigenvalue weighted by Crippen LogP contribution is 2.30. The minimum atomic E-state index is -0.761. The molecule has 0 radical (unpaired) electrons. The van der Waals surface area contributed by atoms with Gasteiger partial charge in [0, 0.05) is 13.0 Å². The third-order valence-corrected chi connectivity index (χ3v) is 3.65. The molecule has 1 unspecified atom stereocenters. The van der Waals surface area contributed by atoms with Crippen molar-refractivity contribution in [3.8, 4) is 0 Å². The molecule has 0 saturated carbocycles. The van der Waals surface area contributed by atoms with Crippen LogP contribution in [-0.4, -0.2) is 30.1 Å². The van der Waals surface area contributed by atoms with Crippen LogP contribution in [0.3, 0.4) is 0 Å². The number of anilines is 1. The molecule has 8 heteroatoms. The number of halogens is 1. The molecule has 1 aliphatic rings. The average molecular weight is 354 g/mol. The van der Waals surface area contributed by atoms with Gasteiger partial charge in [0.1, 0.15) is 5.60 Å². The maximum Gasteiger partial charge on any atom is 0.426 e. The minimum Gasteiger partial charge on any atom is -0.443 e. The number of hydrogen-bond acceptors (Lipinski definition) is 4. The standard InChI is InChI=1S/C16H20ClN3O4/c1-16(2,3)24-15(23)19-18-14(22)10-8-13(21)20(9-10)12-7-5-4-6-11(12)17/h4-7,10H,8-9H2,1-3H3,(H,18,22)(H,19,23). The van der Waals surface area contributed by atoms with Gasteiger partial charge in [-0.2, -0.15) is 0 Å². The molecule has 1 aromatic rings. The van der Waals surface area contributed by atoms with Crippen molar-refractivity contribution in [1.29, 1.82) is 0 Å². The number of carbonyl (C=O) groups excluding carboxylic acids is 3. The van der Waals surface area contributed by atoms with Gasteiger partial charge in [0.15, 0.2) is 0 Å². The van der Waals surface area contributed by atoms with Crippen molar-refractivity contribution >= 4 is 35.2 Å². The SMILES string of the molecule is CC(C)(C)OC(=O)NNC(=O)C1CC(=O)N(c2ccccc2Cl)C1. The second-order valence-corrected chi connectivity index (χ2v) is 6.88. The van der Waals surface area contributed by atoms with Crippen LogP contribution >= 0.6 is 11.6 Å². The summed E-state index contributed by atoms with van der Waals surface area (Å²) in [7, 11) is 0. The summed E-state index contributed by atoms with van der Waals surface area (Å²) in [5, 5.41) is 0.443. The third-order valence-electron chi connectivity index (χ3n) is 3.33. The Hall–Kier alpha value is -2.28. The molecule has 1 atom stereocenters. The molecule has 1 aromatic carbocycles. The zero-order valence-corrected chi connectivity index (χ0v) is 14.5. The zero-order valence-electron chi connectivity index (χ0n) is 13.8. The minimum absolute atomic E-state index is 0.0487. The van der Waals surface area contributed by atoms with Crippen molar-refractivity contribution in [1.82, 2.24) is 10.9 Å². The Balaban J connectivity index is 1.92. The Morgan fingerprint density at radius 1 is 1.25 bits per heavy atom. The Kier molecular flexibility index (Phi) is 5.33. The predicted molar refractivity (Wildman–Crippen MR) is 89.4 cm³/mol. The summed E-state index contributed by atoms with van der Waals surface area (Å²) in [4.78, 5) is 37.3. The molecule has 0 bridgehead atoms. The fourth-order valence-electron chi connectivity index (χ4n) is 2.30. The number of nitrogens with zero attached hydrogens (tertiary/aromatic N) is 1. The summed E-state index contributed by atoms with van der Waals surface area (Å²) >= 11 is 6.09. The number of rotatable bonds is 2. The fourth-order valence-corrected chi connectivity index (χ4v) is 2.54. The summed E-state index contributed by atoms with van der Waals surface area (Å²) in [5.74, 6) is -1.23. The Labute approximate surface area is 145 Å². The van der Waals surface area contributed by atoms with Crippen molar-refractivity contribution in [2.24, 2.45) is 5.92 Å². The molecule has 1 heterocycles. The quantitative estimate of drug-likeness (QED) is 0.798. The van der Waals surface area contributed by atoms with E-state index < -0.39 is 23.5 Å². The van der Waals surface area contributed by atoms with Crippen molar-refractivity contribution in [2.75, 3.05) is 11.4 Å². The first-order valence-corrected chi connectivity index (χ1v) is 7.89. The molecule has 0 aromatic heterocycles. The lowest BCUT2D eigenvalue weighted by Crippen LogP contribution is -2.47. The fraction of sp³-hybridized carbons (Fsp3) is 0.438. The van der Waals surface area contributed by atoms with Crippen LogP contribution in [0, 0.1) is 5.92 Å². The summed E-state index contributed by atoms with van der Waals surface area (Å²) in [6, 6.07) is 6.94. The highest BCUT2D eigenvalue weighted by molar-refractivity contribution is 6.33. The molecule has 1 aliphatic heterocycles. The summed E-state index contributed by atoms with van der Waals surface area (Å²) in [6.07, 6.45) is -0.712. The number of nitrogens with one attached hydrogen (secondary N) is 2. The van der Waals surface area contributed by atoms with Gasteiger partial charge < -0.3 is 9.64 Å². The lowest BCUT2D eigenvalue weighted by Gasteiger charge is -2.20. The topological polar surface area (TPSA) is 87.7 Å². The lowest BCUT2D eigenvalue weighted by atomic mass is 10.1. The number of hydrazine groups is 1. The number of amides is 3. The molecule has 2 N–H and O–H groups in total. The molecule has 7 nitrogen and oxygen atoms in total. The van der Waals surface area contributed by atoms with Gasteiger partial charge in [-0.05, 0) is 32.9 Å². The summed E-state index contributed by atoms with van der Waals surface area (Å²) < 4.78 is 5.02. The van der Waals surface area contributed by atoms with Crippen LogP contribution in [0.2, 0.25) is 5.02 Å². The zero-order chi connectivity index (χ0) is 17.9. The highest BCUT2D eigenvalue weighted by atomic mass is 35.5. The van der Waals surface area contributed by atoms with E-state index in [4.69, 9.17) is 16.3 Å². The molecule has 24 heavy (non-hydrogen) atoms. The van der Waals surface area contributed by atoms with Gasteiger partial charge in [-0.15, -0.1) is 0 Å². The van der Waals surface area contributed by atoms with Crippen LogP contribution in [0.5, 0.6) is 0 Å². The lowest BCUT2D eigenvalue weighted by molar-refractivity contribution is -0.127. The molecule has 3 amide bonds. The van der Waals surface area contributed by atoms with E-state index in [1.807, 2.05) is 0 Å². The van der Waals surface area contributed by atoms with Crippen LogP contribution in [0.15, 0.2) is 24.3 Å². The molecular weight excluding hydrogens is 334 g/mol. The van der Waals surface area contributed by atoms with Gasteiger partial charge in [-0.1, -0.05) is 23.7 Å². The first-order chi connectivity index (χ1) is 11.2. The monoisotopic (exact) mass is 353 g/mol. The first kappa shape index (κ1) is 18.1.